The Morgan fingerprint density at radius 3 is 2.59 bits per heavy atom. The van der Waals surface area contributed by atoms with Gasteiger partial charge in [-0.2, -0.15) is 0 Å². The second-order valence-corrected chi connectivity index (χ2v) is 10.2. The van der Waals surface area contributed by atoms with E-state index in [-0.39, 0.29) is 24.5 Å². The number of ether oxygens (including phenoxy) is 1. The lowest BCUT2D eigenvalue weighted by atomic mass is 9.69. The van der Waals surface area contributed by atoms with Gasteiger partial charge in [0.05, 0.1) is 17.2 Å². The molecule has 1 heterocycles. The van der Waals surface area contributed by atoms with Gasteiger partial charge in [0.1, 0.15) is 6.61 Å². The number of fused-ring (bicyclic) bond motifs is 1. The zero-order valence-corrected chi connectivity index (χ0v) is 22.8. The highest BCUT2D eigenvalue weighted by atomic mass is 16.5. The first-order chi connectivity index (χ1) is 17.7. The molecule has 0 spiro atoms. The fourth-order valence-electron chi connectivity index (χ4n) is 5.37. The standard InChI is InChI=1S/C30H40N2O5/c1-6-8-10-11-13-24(28(33)34)22-16-14-20(22)15-17-23-21(12-9-7-2)19(3)25-18-37-29(35)26(25)27(23)31-30(36)32(4)5/h15,22,24H,6,8,10-14,16-18H2,1-5H3,(H,31,36)(H,33,34)/t22-,24?/m0/s1. The molecule has 0 bridgehead atoms. The highest BCUT2D eigenvalue weighted by Crippen LogP contribution is 2.43. The van der Waals surface area contributed by atoms with Crippen LogP contribution in [0.1, 0.15) is 91.4 Å². The Morgan fingerprint density at radius 2 is 2.00 bits per heavy atom. The number of esters is 1. The minimum atomic E-state index is -0.721. The van der Waals surface area contributed by atoms with Crippen molar-refractivity contribution in [2.75, 3.05) is 19.4 Å². The Bertz CT molecular complexity index is 1140. The van der Waals surface area contributed by atoms with Crippen molar-refractivity contribution in [1.29, 1.82) is 0 Å². The summed E-state index contributed by atoms with van der Waals surface area (Å²) in [6.45, 7) is 6.10. The van der Waals surface area contributed by atoms with Gasteiger partial charge in [-0.05, 0) is 62.1 Å². The van der Waals surface area contributed by atoms with Crippen LogP contribution < -0.4 is 5.32 Å². The summed E-state index contributed by atoms with van der Waals surface area (Å²) in [5, 5.41) is 12.9. The van der Waals surface area contributed by atoms with Crippen molar-refractivity contribution in [2.24, 2.45) is 11.8 Å². The molecule has 7 heteroatoms. The number of benzene rings is 1. The molecule has 2 amide bonds. The number of carboxylic acids is 1. The zero-order valence-electron chi connectivity index (χ0n) is 22.8. The molecule has 3 rings (SSSR count). The predicted octanol–water partition coefficient (Wildman–Crippen LogP) is 5.87. The third kappa shape index (κ3) is 6.36. The predicted molar refractivity (Wildman–Crippen MR) is 145 cm³/mol. The molecule has 200 valence electrons. The molecule has 7 nitrogen and oxygen atoms in total. The summed E-state index contributed by atoms with van der Waals surface area (Å²) in [6, 6.07) is -0.327. The fourth-order valence-corrected chi connectivity index (χ4v) is 5.37. The van der Waals surface area contributed by atoms with E-state index in [9.17, 15) is 19.5 Å². The van der Waals surface area contributed by atoms with Crippen molar-refractivity contribution < 1.29 is 24.2 Å². The largest absolute Gasteiger partial charge is 0.481 e. The second-order valence-electron chi connectivity index (χ2n) is 10.2. The average molecular weight is 509 g/mol. The number of unbranched alkanes of at least 4 members (excludes halogenated alkanes) is 3. The van der Waals surface area contributed by atoms with Gasteiger partial charge in [0.25, 0.3) is 0 Å². The van der Waals surface area contributed by atoms with Crippen molar-refractivity contribution >= 4 is 23.7 Å². The van der Waals surface area contributed by atoms with E-state index in [1.54, 1.807) is 21.0 Å². The first-order valence-electron chi connectivity index (χ1n) is 13.3. The molecular formula is C30H40N2O5. The summed E-state index contributed by atoms with van der Waals surface area (Å²) >= 11 is 0. The van der Waals surface area contributed by atoms with E-state index in [4.69, 9.17) is 4.74 Å². The van der Waals surface area contributed by atoms with Gasteiger partial charge in [-0.25, -0.2) is 9.59 Å². The Morgan fingerprint density at radius 1 is 1.24 bits per heavy atom. The van der Waals surface area contributed by atoms with Gasteiger partial charge in [0.2, 0.25) is 0 Å². The monoisotopic (exact) mass is 508 g/mol. The van der Waals surface area contributed by atoms with E-state index in [1.165, 1.54) is 4.90 Å². The number of carboxylic acid groups (broad SMARTS) is 1. The molecule has 1 saturated carbocycles. The minimum absolute atomic E-state index is 0.0401. The van der Waals surface area contributed by atoms with E-state index in [0.717, 1.165) is 66.4 Å². The molecule has 2 N–H and O–H groups in total. The summed E-state index contributed by atoms with van der Waals surface area (Å²) in [6.07, 6.45) is 9.79. The van der Waals surface area contributed by atoms with Crippen molar-refractivity contribution in [3.8, 4) is 11.8 Å². The normalized spacial score (nSPS) is 17.8. The third-order valence-corrected chi connectivity index (χ3v) is 7.72. The molecule has 2 atom stereocenters. The minimum Gasteiger partial charge on any atom is -0.481 e. The van der Waals surface area contributed by atoms with Gasteiger partial charge in [-0.1, -0.05) is 50.2 Å². The van der Waals surface area contributed by atoms with E-state index in [1.807, 2.05) is 6.92 Å². The molecule has 1 aliphatic heterocycles. The van der Waals surface area contributed by atoms with Gasteiger partial charge in [-0.15, -0.1) is 5.92 Å². The van der Waals surface area contributed by atoms with Gasteiger partial charge < -0.3 is 20.1 Å². The Labute approximate surface area is 220 Å². The van der Waals surface area contributed by atoms with Crippen LogP contribution in [0.5, 0.6) is 0 Å². The topological polar surface area (TPSA) is 95.9 Å². The molecule has 1 unspecified atom stereocenters. The molecular weight excluding hydrogens is 468 g/mol. The number of anilines is 1. The van der Waals surface area contributed by atoms with Gasteiger partial charge >= 0.3 is 18.0 Å². The lowest BCUT2D eigenvalue weighted by Crippen LogP contribution is -2.31. The quantitative estimate of drug-likeness (QED) is 0.169. The van der Waals surface area contributed by atoms with Crippen molar-refractivity contribution in [3.63, 3.8) is 0 Å². The van der Waals surface area contributed by atoms with E-state index in [0.29, 0.717) is 30.5 Å². The molecule has 0 aromatic heterocycles. The van der Waals surface area contributed by atoms with Crippen LogP contribution in [0, 0.1) is 30.6 Å². The van der Waals surface area contributed by atoms with Gasteiger partial charge in [-0.3, -0.25) is 4.79 Å². The number of hydrogen-bond donors (Lipinski definition) is 2. The first-order valence-corrected chi connectivity index (χ1v) is 13.3. The number of hydrogen-bond acceptors (Lipinski definition) is 4. The number of aliphatic carboxylic acids is 1. The van der Waals surface area contributed by atoms with Crippen LogP contribution in [0.15, 0.2) is 11.6 Å². The summed E-state index contributed by atoms with van der Waals surface area (Å²) in [5.41, 5.74) is 5.65. The highest BCUT2D eigenvalue weighted by Gasteiger charge is 2.36. The SMILES string of the molecule is CC#CCc1c(C)c2c(c(NC(=O)N(C)C)c1CC=C1CC[C@@H]1C(CCCCCC)C(=O)O)C(=O)OC2. The maximum Gasteiger partial charge on any atom is 0.341 e. The van der Waals surface area contributed by atoms with Crippen LogP contribution in [0.3, 0.4) is 0 Å². The van der Waals surface area contributed by atoms with Crippen LogP contribution in [-0.2, 0) is 29.0 Å². The number of carbonyl (C=O) groups is 3. The zero-order chi connectivity index (χ0) is 27.1. The number of allylic oxidation sites excluding steroid dienone is 2. The Hall–Kier alpha value is -3.27. The smallest absolute Gasteiger partial charge is 0.341 e. The number of amides is 2. The number of carbonyl (C=O) groups excluding carboxylic acids is 2. The first kappa shape index (κ1) is 28.3. The van der Waals surface area contributed by atoms with Crippen LogP contribution in [-0.4, -0.2) is 42.1 Å². The molecule has 0 saturated heterocycles. The van der Waals surface area contributed by atoms with Gasteiger partial charge in [0.15, 0.2) is 0 Å². The van der Waals surface area contributed by atoms with E-state index >= 15 is 0 Å². The maximum atomic E-state index is 12.7. The Kier molecular flexibility index (Phi) is 9.79. The molecule has 1 aromatic carbocycles. The third-order valence-electron chi connectivity index (χ3n) is 7.72. The number of urea groups is 1. The summed E-state index contributed by atoms with van der Waals surface area (Å²) < 4.78 is 5.37. The summed E-state index contributed by atoms with van der Waals surface area (Å²) in [7, 11) is 3.30. The fraction of sp³-hybridized carbons (Fsp3) is 0.567. The molecule has 37 heavy (non-hydrogen) atoms. The van der Waals surface area contributed by atoms with E-state index in [2.05, 4.69) is 30.2 Å². The summed E-state index contributed by atoms with van der Waals surface area (Å²) in [4.78, 5) is 39.0. The molecule has 1 fully saturated rings. The number of nitrogens with zero attached hydrogens (tertiary/aromatic N) is 1. The number of cyclic esters (lactones) is 1. The summed E-state index contributed by atoms with van der Waals surface area (Å²) in [5.74, 6) is 4.61. The van der Waals surface area contributed by atoms with Crippen LogP contribution in [0.25, 0.3) is 0 Å². The maximum absolute atomic E-state index is 12.7. The van der Waals surface area contributed by atoms with E-state index < -0.39 is 11.9 Å². The Balaban J connectivity index is 1.99. The highest BCUT2D eigenvalue weighted by molar-refractivity contribution is 6.05. The van der Waals surface area contributed by atoms with Crippen LogP contribution in [0.4, 0.5) is 10.5 Å². The molecule has 1 aromatic rings. The average Bonchev–Trinajstić information content (AvgIpc) is 3.23. The van der Waals surface area contributed by atoms with Crippen molar-refractivity contribution in [2.45, 2.75) is 85.2 Å². The number of nitrogens with one attached hydrogen (secondary N) is 1. The molecule has 2 aliphatic rings. The second kappa shape index (κ2) is 12.8. The van der Waals surface area contributed by atoms with Crippen LogP contribution in [0.2, 0.25) is 0 Å². The van der Waals surface area contributed by atoms with Gasteiger partial charge in [0, 0.05) is 26.1 Å². The van der Waals surface area contributed by atoms with Crippen molar-refractivity contribution in [3.05, 3.63) is 39.5 Å². The lowest BCUT2D eigenvalue weighted by Gasteiger charge is -2.35. The number of rotatable bonds is 11. The molecule has 0 radical (unpaired) electrons. The lowest BCUT2D eigenvalue weighted by molar-refractivity contribution is -0.144. The van der Waals surface area contributed by atoms with Crippen molar-refractivity contribution in [1.82, 2.24) is 4.90 Å². The molecule has 1 aliphatic carbocycles. The van der Waals surface area contributed by atoms with Crippen LogP contribution >= 0.6 is 0 Å².